The number of methoxy groups -OCH3 is 1. The summed E-state index contributed by atoms with van der Waals surface area (Å²) in [5.74, 6) is -0.659. The van der Waals surface area contributed by atoms with Crippen molar-refractivity contribution in [2.75, 3.05) is 7.11 Å². The van der Waals surface area contributed by atoms with Gasteiger partial charge in [0.05, 0.1) is 35.8 Å². The van der Waals surface area contributed by atoms with E-state index in [-0.39, 0.29) is 22.0 Å². The van der Waals surface area contributed by atoms with Gasteiger partial charge in [0, 0.05) is 12.3 Å². The molecular formula is C16H9F3N6O3S. The van der Waals surface area contributed by atoms with Crippen molar-refractivity contribution in [3.8, 4) is 22.0 Å². The van der Waals surface area contributed by atoms with E-state index < -0.39 is 23.3 Å². The molecule has 148 valence electrons. The van der Waals surface area contributed by atoms with E-state index >= 15 is 0 Å². The quantitative estimate of drug-likeness (QED) is 0.504. The lowest BCUT2D eigenvalue weighted by Crippen LogP contribution is -2.14. The monoisotopic (exact) mass is 422 g/mol. The molecule has 0 aromatic carbocycles. The normalized spacial score (nSPS) is 11.7. The molecule has 4 rings (SSSR count). The molecule has 29 heavy (non-hydrogen) atoms. The van der Waals surface area contributed by atoms with Gasteiger partial charge in [-0.05, 0) is 12.1 Å². The van der Waals surface area contributed by atoms with E-state index in [1.54, 1.807) is 0 Å². The second-order valence-corrected chi connectivity index (χ2v) is 6.65. The molecule has 0 aliphatic rings. The van der Waals surface area contributed by atoms with Crippen LogP contribution in [0.2, 0.25) is 0 Å². The molecule has 13 heteroatoms. The maximum Gasteiger partial charge on any atom is 0.417 e. The summed E-state index contributed by atoms with van der Waals surface area (Å²) in [6, 6.07) is 3.19. The Labute approximate surface area is 162 Å². The molecule has 4 aromatic rings. The molecule has 0 amide bonds. The molecule has 0 aliphatic carbocycles. The second kappa shape index (κ2) is 6.77. The van der Waals surface area contributed by atoms with Crippen LogP contribution in [0.5, 0.6) is 0 Å². The lowest BCUT2D eigenvalue weighted by molar-refractivity contribution is -0.137. The number of alkyl halides is 3. The summed E-state index contributed by atoms with van der Waals surface area (Å²) in [6.07, 6.45) is -2.47. The number of H-pyrrole nitrogens is 1. The number of hydrogen-bond acceptors (Lipinski definition) is 8. The van der Waals surface area contributed by atoms with Gasteiger partial charge in [-0.3, -0.25) is 9.78 Å². The van der Waals surface area contributed by atoms with E-state index in [1.807, 2.05) is 0 Å². The van der Waals surface area contributed by atoms with E-state index in [0.29, 0.717) is 16.8 Å². The standard InChI is InChI=1S/C16H9F3N6O3S/c1-28-15(27)14-24-23-13(29-14)8-6-21-25-11(26)4-10(22-12(8)25)9-3-2-7(5-20-9)16(17,18)19/h2-6,22H,1H3. The van der Waals surface area contributed by atoms with Gasteiger partial charge < -0.3 is 9.72 Å². The van der Waals surface area contributed by atoms with Gasteiger partial charge in [0.15, 0.2) is 5.01 Å². The Hall–Kier alpha value is -3.61. The number of esters is 1. The van der Waals surface area contributed by atoms with Crippen LogP contribution in [0.4, 0.5) is 13.2 Å². The molecule has 0 saturated carbocycles. The van der Waals surface area contributed by atoms with Crippen molar-refractivity contribution < 1.29 is 22.7 Å². The Morgan fingerprint density at radius 1 is 1.24 bits per heavy atom. The zero-order chi connectivity index (χ0) is 20.8. The second-order valence-electron chi connectivity index (χ2n) is 5.67. The minimum absolute atomic E-state index is 0.0183. The molecule has 4 heterocycles. The first kappa shape index (κ1) is 18.7. The van der Waals surface area contributed by atoms with Crippen LogP contribution in [0.1, 0.15) is 15.4 Å². The van der Waals surface area contributed by atoms with E-state index in [1.165, 1.54) is 19.4 Å². The summed E-state index contributed by atoms with van der Waals surface area (Å²) in [7, 11) is 1.21. The number of aromatic amines is 1. The first-order valence-corrected chi connectivity index (χ1v) is 8.66. The Morgan fingerprint density at radius 2 is 2.03 bits per heavy atom. The van der Waals surface area contributed by atoms with Crippen molar-refractivity contribution in [1.29, 1.82) is 0 Å². The van der Waals surface area contributed by atoms with Gasteiger partial charge in [-0.2, -0.15) is 22.8 Å². The third-order valence-electron chi connectivity index (χ3n) is 3.88. The van der Waals surface area contributed by atoms with Crippen LogP contribution in [-0.2, 0) is 10.9 Å². The van der Waals surface area contributed by atoms with E-state index in [4.69, 9.17) is 0 Å². The van der Waals surface area contributed by atoms with Crippen molar-refractivity contribution in [2.24, 2.45) is 0 Å². The maximum absolute atomic E-state index is 12.7. The van der Waals surface area contributed by atoms with Gasteiger partial charge in [0.2, 0.25) is 5.01 Å². The Kier molecular flexibility index (Phi) is 4.38. The highest BCUT2D eigenvalue weighted by molar-refractivity contribution is 7.16. The third-order valence-corrected chi connectivity index (χ3v) is 4.82. The van der Waals surface area contributed by atoms with Crippen molar-refractivity contribution in [3.05, 3.63) is 51.5 Å². The molecule has 9 nitrogen and oxygen atoms in total. The van der Waals surface area contributed by atoms with Crippen LogP contribution in [0.25, 0.3) is 27.6 Å². The Morgan fingerprint density at radius 3 is 2.69 bits per heavy atom. The number of halogens is 3. The fourth-order valence-corrected chi connectivity index (χ4v) is 3.27. The molecule has 0 spiro atoms. The lowest BCUT2D eigenvalue weighted by Gasteiger charge is -2.07. The molecule has 0 saturated heterocycles. The number of carbonyl (C=O) groups is 1. The van der Waals surface area contributed by atoms with Gasteiger partial charge in [-0.1, -0.05) is 11.3 Å². The molecule has 0 fully saturated rings. The number of aromatic nitrogens is 6. The Balaban J connectivity index is 1.80. The minimum Gasteiger partial charge on any atom is -0.464 e. The van der Waals surface area contributed by atoms with Crippen LogP contribution >= 0.6 is 11.3 Å². The summed E-state index contributed by atoms with van der Waals surface area (Å²) < 4.78 is 43.8. The first-order chi connectivity index (χ1) is 13.8. The summed E-state index contributed by atoms with van der Waals surface area (Å²) in [5.41, 5.74) is -0.503. The third kappa shape index (κ3) is 3.35. The summed E-state index contributed by atoms with van der Waals surface area (Å²) >= 11 is 0.938. The van der Waals surface area contributed by atoms with Crippen LogP contribution in [0.3, 0.4) is 0 Å². The average molecular weight is 422 g/mol. The highest BCUT2D eigenvalue weighted by Gasteiger charge is 2.30. The SMILES string of the molecule is COC(=O)c1nnc(-c2cnn3c(=O)cc(-c4ccc(C(F)(F)F)cn4)[nH]c23)s1. The molecule has 0 atom stereocenters. The number of hydrogen-bond donors (Lipinski definition) is 1. The van der Waals surface area contributed by atoms with Gasteiger partial charge in [-0.15, -0.1) is 10.2 Å². The van der Waals surface area contributed by atoms with Crippen LogP contribution in [0.15, 0.2) is 35.4 Å². The molecule has 0 bridgehead atoms. The van der Waals surface area contributed by atoms with Crippen molar-refractivity contribution in [1.82, 2.24) is 29.8 Å². The maximum atomic E-state index is 12.7. The van der Waals surface area contributed by atoms with Gasteiger partial charge >= 0.3 is 12.1 Å². The van der Waals surface area contributed by atoms with E-state index in [2.05, 4.69) is 30.0 Å². The molecular weight excluding hydrogens is 413 g/mol. The van der Waals surface area contributed by atoms with Crippen LogP contribution in [-0.4, -0.2) is 42.9 Å². The number of nitrogens with zero attached hydrogens (tertiary/aromatic N) is 5. The predicted octanol–water partition coefficient (Wildman–Crippen LogP) is 2.41. The van der Waals surface area contributed by atoms with Gasteiger partial charge in [0.25, 0.3) is 5.56 Å². The number of fused-ring (bicyclic) bond motifs is 1. The minimum atomic E-state index is -4.52. The average Bonchev–Trinajstić information content (AvgIpc) is 3.34. The van der Waals surface area contributed by atoms with Gasteiger partial charge in [0.1, 0.15) is 5.65 Å². The highest BCUT2D eigenvalue weighted by Crippen LogP contribution is 2.30. The van der Waals surface area contributed by atoms with Crippen LogP contribution < -0.4 is 5.56 Å². The topological polar surface area (TPSA) is 115 Å². The fourth-order valence-electron chi connectivity index (χ4n) is 2.50. The molecule has 0 unspecified atom stereocenters. The molecule has 4 aromatic heterocycles. The Bertz CT molecular complexity index is 1280. The fraction of sp³-hybridized carbons (Fsp3) is 0.125. The zero-order valence-electron chi connectivity index (χ0n) is 14.4. The zero-order valence-corrected chi connectivity index (χ0v) is 15.2. The summed E-state index contributed by atoms with van der Waals surface area (Å²) in [5, 5.41) is 11.9. The first-order valence-electron chi connectivity index (χ1n) is 7.85. The number of carbonyl (C=O) groups excluding carboxylic acids is 1. The largest absolute Gasteiger partial charge is 0.464 e. The predicted molar refractivity (Wildman–Crippen MR) is 94.3 cm³/mol. The number of rotatable bonds is 3. The van der Waals surface area contributed by atoms with Crippen molar-refractivity contribution >= 4 is 23.0 Å². The lowest BCUT2D eigenvalue weighted by atomic mass is 10.2. The smallest absolute Gasteiger partial charge is 0.417 e. The summed E-state index contributed by atoms with van der Waals surface area (Å²) in [4.78, 5) is 30.6. The molecule has 1 N–H and O–H groups in total. The van der Waals surface area contributed by atoms with Crippen molar-refractivity contribution in [2.45, 2.75) is 6.18 Å². The van der Waals surface area contributed by atoms with E-state index in [0.717, 1.165) is 28.0 Å². The highest BCUT2D eigenvalue weighted by atomic mass is 32.1. The number of nitrogens with one attached hydrogen (secondary N) is 1. The molecule has 0 aliphatic heterocycles. The van der Waals surface area contributed by atoms with Crippen molar-refractivity contribution in [3.63, 3.8) is 0 Å². The van der Waals surface area contributed by atoms with Crippen LogP contribution in [0, 0.1) is 0 Å². The molecule has 0 radical (unpaired) electrons. The number of ether oxygens (including phenoxy) is 1. The summed E-state index contributed by atoms with van der Waals surface area (Å²) in [6.45, 7) is 0. The number of pyridine rings is 1. The van der Waals surface area contributed by atoms with Gasteiger partial charge in [-0.25, -0.2) is 4.79 Å². The van der Waals surface area contributed by atoms with E-state index in [9.17, 15) is 22.8 Å².